The number of carboxylic acid groups (broad SMARTS) is 1. The molecule has 0 bridgehead atoms. The third kappa shape index (κ3) is 3.06. The molecule has 1 unspecified atom stereocenters. The molecule has 0 spiro atoms. The third-order valence-corrected chi connectivity index (χ3v) is 1.19. The Hall–Kier alpha value is -1.06. The summed E-state index contributed by atoms with van der Waals surface area (Å²) in [5, 5.41) is 19.4. The van der Waals surface area contributed by atoms with Crippen molar-refractivity contribution in [2.45, 2.75) is 20.3 Å². The van der Waals surface area contributed by atoms with Crippen molar-refractivity contribution in [2.75, 3.05) is 0 Å². The number of rotatable bonds is 3. The van der Waals surface area contributed by atoms with Crippen LogP contribution in [-0.4, -0.2) is 22.0 Å². The zero-order valence-electron chi connectivity index (χ0n) is 6.03. The summed E-state index contributed by atoms with van der Waals surface area (Å²) in [5.74, 6) is -1.35. The van der Waals surface area contributed by atoms with Crippen molar-refractivity contribution < 1.29 is 15.1 Å². The first-order valence-corrected chi connectivity index (χ1v) is 2.98. The summed E-state index contributed by atoms with van der Waals surface area (Å²) in [6.45, 7) is 3.15. The smallest absolute Gasteiger partial charge is 0.306 e. The second-order valence-electron chi connectivity index (χ2n) is 2.28. The van der Waals surface area contributed by atoms with Crippen LogP contribution < -0.4 is 0 Å². The van der Waals surface area contributed by atoms with E-state index in [1.54, 1.807) is 13.8 Å². The molecule has 0 aromatic carbocycles. The fourth-order valence-corrected chi connectivity index (χ4v) is 0.571. The zero-order chi connectivity index (χ0) is 8.15. The van der Waals surface area contributed by atoms with Crippen LogP contribution in [0.2, 0.25) is 0 Å². The number of nitrogens with zero attached hydrogens (tertiary/aromatic N) is 1. The fraction of sp³-hybridized carbons (Fsp3) is 0.667. The van der Waals surface area contributed by atoms with E-state index >= 15 is 0 Å². The molecule has 0 radical (unpaired) electrons. The van der Waals surface area contributed by atoms with Crippen LogP contribution in [0.25, 0.3) is 0 Å². The van der Waals surface area contributed by atoms with Gasteiger partial charge in [-0.05, 0) is 6.92 Å². The maximum Gasteiger partial charge on any atom is 0.306 e. The van der Waals surface area contributed by atoms with Crippen LogP contribution in [0, 0.1) is 5.92 Å². The minimum atomic E-state index is -0.872. The Bertz CT molecular complexity index is 153. The average Bonchev–Trinajstić information content (AvgIpc) is 1.87. The number of aliphatic carboxylic acids is 1. The first-order valence-electron chi connectivity index (χ1n) is 2.98. The van der Waals surface area contributed by atoms with Crippen molar-refractivity contribution in [2.24, 2.45) is 11.1 Å². The van der Waals surface area contributed by atoms with Gasteiger partial charge in [0, 0.05) is 6.42 Å². The predicted octanol–water partition coefficient (Wildman–Crippen LogP) is 0.947. The van der Waals surface area contributed by atoms with E-state index in [9.17, 15) is 4.79 Å². The molecular formula is C6H11NO3. The highest BCUT2D eigenvalue weighted by Crippen LogP contribution is 2.02. The Kier molecular flexibility index (Phi) is 3.46. The summed E-state index contributed by atoms with van der Waals surface area (Å²) in [6, 6.07) is 0. The van der Waals surface area contributed by atoms with E-state index in [0.29, 0.717) is 12.1 Å². The summed E-state index contributed by atoms with van der Waals surface area (Å²) in [5.41, 5.74) is 0.440. The van der Waals surface area contributed by atoms with Crippen LogP contribution >= 0.6 is 0 Å². The molecule has 0 heterocycles. The number of hydrogen-bond acceptors (Lipinski definition) is 3. The Morgan fingerprint density at radius 3 is 2.50 bits per heavy atom. The maximum absolute atomic E-state index is 10.2. The second kappa shape index (κ2) is 3.87. The highest BCUT2D eigenvalue weighted by molar-refractivity contribution is 5.85. The average molecular weight is 145 g/mol. The van der Waals surface area contributed by atoms with Crippen LogP contribution in [0.15, 0.2) is 5.16 Å². The van der Waals surface area contributed by atoms with E-state index in [1.165, 1.54) is 0 Å². The Balaban J connectivity index is 3.80. The van der Waals surface area contributed by atoms with Gasteiger partial charge in [0.1, 0.15) is 0 Å². The van der Waals surface area contributed by atoms with E-state index in [-0.39, 0.29) is 0 Å². The molecule has 4 heteroatoms. The molecule has 0 aliphatic carbocycles. The molecule has 0 aliphatic rings. The van der Waals surface area contributed by atoms with Crippen molar-refractivity contribution in [3.8, 4) is 0 Å². The van der Waals surface area contributed by atoms with Crippen LogP contribution in [0.1, 0.15) is 20.3 Å². The highest BCUT2D eigenvalue weighted by Gasteiger charge is 2.11. The lowest BCUT2D eigenvalue weighted by atomic mass is 10.1. The molecule has 0 amide bonds. The van der Waals surface area contributed by atoms with Crippen molar-refractivity contribution >= 4 is 11.7 Å². The Labute approximate surface area is 59.2 Å². The molecule has 10 heavy (non-hydrogen) atoms. The van der Waals surface area contributed by atoms with Crippen molar-refractivity contribution in [3.05, 3.63) is 0 Å². The molecule has 1 atom stereocenters. The van der Waals surface area contributed by atoms with Gasteiger partial charge in [-0.3, -0.25) is 4.79 Å². The van der Waals surface area contributed by atoms with Gasteiger partial charge in [-0.25, -0.2) is 0 Å². The summed E-state index contributed by atoms with van der Waals surface area (Å²) in [4.78, 5) is 10.2. The first kappa shape index (κ1) is 8.94. The number of carboxylic acids is 1. The third-order valence-electron chi connectivity index (χ3n) is 1.19. The Morgan fingerprint density at radius 1 is 1.70 bits per heavy atom. The van der Waals surface area contributed by atoms with Gasteiger partial charge in [0.25, 0.3) is 0 Å². The van der Waals surface area contributed by atoms with Crippen LogP contribution in [0.4, 0.5) is 0 Å². The molecule has 0 fully saturated rings. The van der Waals surface area contributed by atoms with Crippen LogP contribution in [-0.2, 0) is 4.79 Å². The monoisotopic (exact) mass is 145 g/mol. The van der Waals surface area contributed by atoms with Crippen molar-refractivity contribution in [3.63, 3.8) is 0 Å². The minimum absolute atomic E-state index is 0.297. The number of hydrogen-bond donors (Lipinski definition) is 2. The van der Waals surface area contributed by atoms with Gasteiger partial charge in [-0.1, -0.05) is 12.1 Å². The van der Waals surface area contributed by atoms with E-state index in [1.807, 2.05) is 0 Å². The number of carbonyl (C=O) groups is 1. The lowest BCUT2D eigenvalue weighted by Gasteiger charge is -2.02. The van der Waals surface area contributed by atoms with Crippen LogP contribution in [0.3, 0.4) is 0 Å². The van der Waals surface area contributed by atoms with Gasteiger partial charge < -0.3 is 10.3 Å². The molecular weight excluding hydrogens is 134 g/mol. The molecule has 2 N–H and O–H groups in total. The quantitative estimate of drug-likeness (QED) is 0.353. The lowest BCUT2D eigenvalue weighted by Crippen LogP contribution is -2.12. The normalized spacial score (nSPS) is 14.8. The fourth-order valence-electron chi connectivity index (χ4n) is 0.571. The molecule has 0 aliphatic heterocycles. The van der Waals surface area contributed by atoms with E-state index < -0.39 is 11.9 Å². The van der Waals surface area contributed by atoms with E-state index in [2.05, 4.69) is 5.16 Å². The van der Waals surface area contributed by atoms with E-state index in [0.717, 1.165) is 0 Å². The molecule has 0 rings (SSSR count). The molecule has 0 aromatic heterocycles. The van der Waals surface area contributed by atoms with Gasteiger partial charge in [-0.15, -0.1) is 0 Å². The maximum atomic E-state index is 10.2. The molecule has 0 saturated heterocycles. The summed E-state index contributed by atoms with van der Waals surface area (Å²) >= 11 is 0. The predicted molar refractivity (Wildman–Crippen MR) is 36.3 cm³/mol. The van der Waals surface area contributed by atoms with Crippen molar-refractivity contribution in [1.29, 1.82) is 0 Å². The largest absolute Gasteiger partial charge is 0.481 e. The van der Waals surface area contributed by atoms with E-state index in [4.69, 9.17) is 10.3 Å². The lowest BCUT2D eigenvalue weighted by molar-refractivity contribution is -0.140. The SMILES string of the molecule is C/C(CC(C)C(=O)O)=N\O. The zero-order valence-corrected chi connectivity index (χ0v) is 6.03. The second-order valence-corrected chi connectivity index (χ2v) is 2.28. The van der Waals surface area contributed by atoms with Crippen LogP contribution in [0.5, 0.6) is 0 Å². The summed E-state index contributed by atoms with van der Waals surface area (Å²) in [7, 11) is 0. The number of oxime groups is 1. The van der Waals surface area contributed by atoms with Gasteiger partial charge in [0.2, 0.25) is 0 Å². The minimum Gasteiger partial charge on any atom is -0.481 e. The first-order chi connectivity index (χ1) is 4.57. The standard InChI is InChI=1S/C6H11NO3/c1-4(6(8)9)3-5(2)7-10/h4,10H,3H2,1-2H3,(H,8,9)/b7-5+. The highest BCUT2D eigenvalue weighted by atomic mass is 16.4. The Morgan fingerprint density at radius 2 is 2.20 bits per heavy atom. The van der Waals surface area contributed by atoms with Gasteiger partial charge >= 0.3 is 5.97 Å². The summed E-state index contributed by atoms with van der Waals surface area (Å²) < 4.78 is 0. The van der Waals surface area contributed by atoms with Crippen molar-refractivity contribution in [1.82, 2.24) is 0 Å². The topological polar surface area (TPSA) is 69.9 Å². The van der Waals surface area contributed by atoms with Gasteiger partial charge in [-0.2, -0.15) is 0 Å². The van der Waals surface area contributed by atoms with Gasteiger partial charge in [0.05, 0.1) is 11.6 Å². The van der Waals surface area contributed by atoms with Gasteiger partial charge in [0.15, 0.2) is 0 Å². The summed E-state index contributed by atoms with van der Waals surface area (Å²) in [6.07, 6.45) is 0.297. The molecule has 4 nitrogen and oxygen atoms in total. The molecule has 0 aromatic rings. The molecule has 0 saturated carbocycles. The molecule has 58 valence electrons.